The molecule has 4 rings (SSSR count). The van der Waals surface area contributed by atoms with Crippen molar-refractivity contribution in [1.82, 2.24) is 19.9 Å². The summed E-state index contributed by atoms with van der Waals surface area (Å²) in [5, 5.41) is 0. The molecule has 1 aliphatic heterocycles. The molecule has 0 bridgehead atoms. The Kier molecular flexibility index (Phi) is 3.74. The first-order valence-electron chi connectivity index (χ1n) is 7.99. The van der Waals surface area contributed by atoms with Gasteiger partial charge in [-0.05, 0) is 30.2 Å². The third-order valence-corrected chi connectivity index (χ3v) is 4.39. The molecule has 2 aromatic heterocycles. The average Bonchev–Trinajstić information content (AvgIpc) is 3.09. The van der Waals surface area contributed by atoms with Crippen LogP contribution in [-0.2, 0) is 4.74 Å². The quantitative estimate of drug-likeness (QED) is 0.787. The molecule has 0 aliphatic carbocycles. The molecule has 1 aromatic carbocycles. The topological polar surface area (TPSA) is 71.1 Å². The molecule has 24 heavy (non-hydrogen) atoms. The lowest BCUT2D eigenvalue weighted by molar-refractivity contribution is -0.0232. The molecule has 122 valence electrons. The molecular weight excluding hydrogens is 304 g/mol. The molecule has 3 heterocycles. The number of hydrogen-bond acceptors (Lipinski definition) is 4. The number of carbonyl (C=O) groups is 1. The molecule has 6 nitrogen and oxygen atoms in total. The van der Waals surface area contributed by atoms with Crippen molar-refractivity contribution in [2.75, 3.05) is 19.7 Å². The number of carbonyl (C=O) groups excluding carboxylic acids is 1. The third kappa shape index (κ3) is 2.65. The van der Waals surface area contributed by atoms with Crippen molar-refractivity contribution in [3.8, 4) is 0 Å². The molecule has 0 spiro atoms. The van der Waals surface area contributed by atoms with Crippen LogP contribution in [0.25, 0.3) is 11.2 Å². The molecule has 0 saturated carbocycles. The van der Waals surface area contributed by atoms with Gasteiger partial charge in [0.2, 0.25) is 0 Å². The number of rotatable bonds is 2. The standard InChI is InChI=1S/C18H18N4O2/c1-12-4-2-3-5-13(12)16-10-22(8-9-24-16)18(23)15-7-6-14-17(21-15)20-11-19-14/h2-7,11,16H,8-10H2,1H3,(H,19,20,21). The molecule has 1 amide bonds. The fourth-order valence-electron chi connectivity index (χ4n) is 3.07. The van der Waals surface area contributed by atoms with E-state index in [1.165, 1.54) is 5.56 Å². The minimum Gasteiger partial charge on any atom is -0.370 e. The van der Waals surface area contributed by atoms with Gasteiger partial charge in [0.25, 0.3) is 5.91 Å². The number of imidazole rings is 1. The van der Waals surface area contributed by atoms with Crippen LogP contribution in [0.1, 0.15) is 27.7 Å². The van der Waals surface area contributed by atoms with Crippen LogP contribution in [0.4, 0.5) is 0 Å². The van der Waals surface area contributed by atoms with Crippen LogP contribution in [0.2, 0.25) is 0 Å². The van der Waals surface area contributed by atoms with Gasteiger partial charge in [0.1, 0.15) is 11.8 Å². The SMILES string of the molecule is Cc1ccccc1C1CN(C(=O)c2ccc3[nH]cnc3n2)CCO1. The van der Waals surface area contributed by atoms with Crippen molar-refractivity contribution in [2.24, 2.45) is 0 Å². The fraction of sp³-hybridized carbons (Fsp3) is 0.278. The highest BCUT2D eigenvalue weighted by Crippen LogP contribution is 2.25. The molecule has 1 N–H and O–H groups in total. The summed E-state index contributed by atoms with van der Waals surface area (Å²) in [7, 11) is 0. The van der Waals surface area contributed by atoms with Gasteiger partial charge in [-0.1, -0.05) is 24.3 Å². The van der Waals surface area contributed by atoms with E-state index >= 15 is 0 Å². The van der Waals surface area contributed by atoms with Gasteiger partial charge in [-0.25, -0.2) is 9.97 Å². The lowest BCUT2D eigenvalue weighted by Gasteiger charge is -2.33. The normalized spacial score (nSPS) is 18.0. The Morgan fingerprint density at radius 2 is 2.17 bits per heavy atom. The predicted octanol–water partition coefficient (Wildman–Crippen LogP) is 2.48. The molecule has 1 atom stereocenters. The maximum absolute atomic E-state index is 12.8. The van der Waals surface area contributed by atoms with E-state index in [4.69, 9.17) is 4.74 Å². The lowest BCUT2D eigenvalue weighted by Crippen LogP contribution is -2.42. The Labute approximate surface area is 139 Å². The fourth-order valence-corrected chi connectivity index (χ4v) is 3.07. The van der Waals surface area contributed by atoms with Gasteiger partial charge >= 0.3 is 0 Å². The molecule has 6 heteroatoms. The van der Waals surface area contributed by atoms with Crippen molar-refractivity contribution >= 4 is 17.1 Å². The summed E-state index contributed by atoms with van der Waals surface area (Å²) in [5.41, 5.74) is 4.11. The second-order valence-corrected chi connectivity index (χ2v) is 5.94. The van der Waals surface area contributed by atoms with Crippen molar-refractivity contribution in [3.63, 3.8) is 0 Å². The minimum absolute atomic E-state index is 0.0817. The Hall–Kier alpha value is -2.73. The van der Waals surface area contributed by atoms with Gasteiger partial charge in [0, 0.05) is 6.54 Å². The Morgan fingerprint density at radius 3 is 3.04 bits per heavy atom. The van der Waals surface area contributed by atoms with Gasteiger partial charge < -0.3 is 14.6 Å². The maximum Gasteiger partial charge on any atom is 0.272 e. The number of morpholine rings is 1. The first-order valence-corrected chi connectivity index (χ1v) is 7.99. The number of benzene rings is 1. The van der Waals surface area contributed by atoms with E-state index in [9.17, 15) is 4.79 Å². The number of aryl methyl sites for hydroxylation is 1. The first-order chi connectivity index (χ1) is 11.7. The second kappa shape index (κ2) is 6.05. The minimum atomic E-state index is -0.0991. The van der Waals surface area contributed by atoms with Crippen LogP contribution in [0.5, 0.6) is 0 Å². The number of aromatic nitrogens is 3. The molecule has 3 aromatic rings. The van der Waals surface area contributed by atoms with Crippen LogP contribution in [0.3, 0.4) is 0 Å². The average molecular weight is 322 g/mol. The summed E-state index contributed by atoms with van der Waals surface area (Å²) in [5.74, 6) is -0.0817. The molecule has 1 unspecified atom stereocenters. The molecule has 0 radical (unpaired) electrons. The van der Waals surface area contributed by atoms with Crippen molar-refractivity contribution in [3.05, 3.63) is 59.5 Å². The number of aromatic amines is 1. The molecular formula is C18H18N4O2. The number of hydrogen-bond donors (Lipinski definition) is 1. The summed E-state index contributed by atoms with van der Waals surface area (Å²) >= 11 is 0. The smallest absolute Gasteiger partial charge is 0.272 e. The Morgan fingerprint density at radius 1 is 1.29 bits per heavy atom. The van der Waals surface area contributed by atoms with Crippen LogP contribution < -0.4 is 0 Å². The van der Waals surface area contributed by atoms with E-state index in [1.54, 1.807) is 17.3 Å². The number of nitrogens with one attached hydrogen (secondary N) is 1. The third-order valence-electron chi connectivity index (χ3n) is 4.39. The van der Waals surface area contributed by atoms with Crippen molar-refractivity contribution in [1.29, 1.82) is 0 Å². The predicted molar refractivity (Wildman–Crippen MR) is 89.7 cm³/mol. The summed E-state index contributed by atoms with van der Waals surface area (Å²) < 4.78 is 5.89. The molecule has 1 aliphatic rings. The van der Waals surface area contributed by atoms with Crippen molar-refractivity contribution < 1.29 is 9.53 Å². The Balaban J connectivity index is 1.57. The number of pyridine rings is 1. The monoisotopic (exact) mass is 322 g/mol. The number of nitrogens with zero attached hydrogens (tertiary/aromatic N) is 3. The van der Waals surface area contributed by atoms with E-state index in [0.717, 1.165) is 11.1 Å². The van der Waals surface area contributed by atoms with E-state index in [2.05, 4.69) is 34.0 Å². The summed E-state index contributed by atoms with van der Waals surface area (Å²) in [6.45, 7) is 3.69. The highest BCUT2D eigenvalue weighted by Gasteiger charge is 2.27. The number of amides is 1. The van der Waals surface area contributed by atoms with Gasteiger partial charge in [0.05, 0.1) is 25.0 Å². The molecule has 1 fully saturated rings. The second-order valence-electron chi connectivity index (χ2n) is 5.94. The van der Waals surface area contributed by atoms with E-state index < -0.39 is 0 Å². The van der Waals surface area contributed by atoms with Gasteiger partial charge in [-0.3, -0.25) is 4.79 Å². The summed E-state index contributed by atoms with van der Waals surface area (Å²) in [6, 6.07) is 11.7. The Bertz CT molecular complexity index is 889. The van der Waals surface area contributed by atoms with Crippen LogP contribution >= 0.6 is 0 Å². The highest BCUT2D eigenvalue weighted by atomic mass is 16.5. The van der Waals surface area contributed by atoms with Gasteiger partial charge in [-0.15, -0.1) is 0 Å². The van der Waals surface area contributed by atoms with Crippen LogP contribution in [0.15, 0.2) is 42.7 Å². The summed E-state index contributed by atoms with van der Waals surface area (Å²) in [4.78, 5) is 26.1. The van der Waals surface area contributed by atoms with Crippen LogP contribution in [-0.4, -0.2) is 45.5 Å². The van der Waals surface area contributed by atoms with Crippen LogP contribution in [0, 0.1) is 6.92 Å². The maximum atomic E-state index is 12.8. The van der Waals surface area contributed by atoms with E-state index in [1.807, 2.05) is 18.2 Å². The number of H-pyrrole nitrogens is 1. The molecule has 1 saturated heterocycles. The van der Waals surface area contributed by atoms with Gasteiger partial charge in [0.15, 0.2) is 5.65 Å². The lowest BCUT2D eigenvalue weighted by atomic mass is 10.0. The van der Waals surface area contributed by atoms with Crippen molar-refractivity contribution in [2.45, 2.75) is 13.0 Å². The zero-order chi connectivity index (χ0) is 16.5. The summed E-state index contributed by atoms with van der Waals surface area (Å²) in [6.07, 6.45) is 1.48. The van der Waals surface area contributed by atoms with E-state index in [0.29, 0.717) is 31.0 Å². The zero-order valence-corrected chi connectivity index (χ0v) is 13.4. The number of ether oxygens (including phenoxy) is 1. The largest absolute Gasteiger partial charge is 0.370 e. The first kappa shape index (κ1) is 14.8. The van der Waals surface area contributed by atoms with E-state index in [-0.39, 0.29) is 12.0 Å². The number of fused-ring (bicyclic) bond motifs is 1. The van der Waals surface area contributed by atoms with Gasteiger partial charge in [-0.2, -0.15) is 0 Å². The zero-order valence-electron chi connectivity index (χ0n) is 13.4. The highest BCUT2D eigenvalue weighted by molar-refractivity contribution is 5.94.